The Balaban J connectivity index is 1.62. The van der Waals surface area contributed by atoms with Gasteiger partial charge in [0, 0.05) is 49.1 Å². The molecule has 216 valence electrons. The van der Waals surface area contributed by atoms with Gasteiger partial charge in [0.05, 0.1) is 4.90 Å². The molecule has 1 aromatic heterocycles. The van der Waals surface area contributed by atoms with E-state index >= 15 is 0 Å². The minimum atomic E-state index is -3.77. The van der Waals surface area contributed by atoms with E-state index in [0.29, 0.717) is 23.9 Å². The molecule has 41 heavy (non-hydrogen) atoms. The molecule has 0 unspecified atom stereocenters. The number of fused-ring (bicyclic) bond motifs is 1. The lowest BCUT2D eigenvalue weighted by Gasteiger charge is -2.27. The van der Waals surface area contributed by atoms with E-state index in [2.05, 4.69) is 127 Å². The molecular formula is C36H44N2O2S. The second kappa shape index (κ2) is 11.3. The molecule has 0 spiro atoms. The summed E-state index contributed by atoms with van der Waals surface area (Å²) in [5.41, 5.74) is 7.56. The first-order valence-corrected chi connectivity index (χ1v) is 16.3. The Bertz CT molecular complexity index is 1650. The average molecular weight is 569 g/mol. The molecule has 4 aromatic rings. The van der Waals surface area contributed by atoms with Gasteiger partial charge < -0.3 is 4.57 Å². The van der Waals surface area contributed by atoms with Gasteiger partial charge in [-0.25, -0.2) is 8.42 Å². The summed E-state index contributed by atoms with van der Waals surface area (Å²) >= 11 is 0. The largest absolute Gasteiger partial charge is 0.350 e. The van der Waals surface area contributed by atoms with Crippen molar-refractivity contribution in [1.29, 1.82) is 0 Å². The Morgan fingerprint density at radius 3 is 1.95 bits per heavy atom. The Morgan fingerprint density at radius 1 is 0.780 bits per heavy atom. The lowest BCUT2D eigenvalue weighted by molar-refractivity contribution is 0.441. The van der Waals surface area contributed by atoms with Gasteiger partial charge in [-0.05, 0) is 51.6 Å². The first kappa shape index (κ1) is 29.3. The van der Waals surface area contributed by atoms with Crippen LogP contribution in [0.5, 0.6) is 0 Å². The molecule has 1 fully saturated rings. The third-order valence-electron chi connectivity index (χ3n) is 8.81. The highest BCUT2D eigenvalue weighted by molar-refractivity contribution is 7.89. The maximum absolute atomic E-state index is 14.7. The molecule has 5 rings (SSSR count). The predicted molar refractivity (Wildman–Crippen MR) is 171 cm³/mol. The molecular weight excluding hydrogens is 524 g/mol. The van der Waals surface area contributed by atoms with Crippen LogP contribution >= 0.6 is 0 Å². The van der Waals surface area contributed by atoms with Crippen molar-refractivity contribution in [3.8, 4) is 0 Å². The number of para-hydroxylation sites is 1. The highest BCUT2D eigenvalue weighted by Gasteiger charge is 2.42. The summed E-state index contributed by atoms with van der Waals surface area (Å²) in [4.78, 5) is 0.502. The molecule has 3 aromatic carbocycles. The van der Waals surface area contributed by atoms with Crippen LogP contribution in [0.25, 0.3) is 10.9 Å². The van der Waals surface area contributed by atoms with Gasteiger partial charge in [0.2, 0.25) is 10.0 Å². The Hall–Kier alpha value is -3.15. The van der Waals surface area contributed by atoms with Crippen molar-refractivity contribution in [1.82, 2.24) is 8.87 Å². The summed E-state index contributed by atoms with van der Waals surface area (Å²) in [6.07, 6.45) is 2.21. The van der Waals surface area contributed by atoms with Crippen LogP contribution in [0.1, 0.15) is 93.0 Å². The van der Waals surface area contributed by atoms with E-state index in [1.807, 2.05) is 6.07 Å². The summed E-state index contributed by atoms with van der Waals surface area (Å²) in [6.45, 7) is 18.0. The number of hydrogen-bond acceptors (Lipinski definition) is 2. The Morgan fingerprint density at radius 2 is 1.37 bits per heavy atom. The molecule has 5 heteroatoms. The van der Waals surface area contributed by atoms with Crippen LogP contribution in [-0.4, -0.2) is 30.4 Å². The van der Waals surface area contributed by atoms with Gasteiger partial charge in [0.25, 0.3) is 0 Å². The molecule has 0 aliphatic carbocycles. The summed E-state index contributed by atoms with van der Waals surface area (Å²) in [5.74, 6) is 0.450. The van der Waals surface area contributed by atoms with E-state index in [0.717, 1.165) is 16.7 Å². The van der Waals surface area contributed by atoms with Crippen LogP contribution in [0, 0.1) is 5.92 Å². The summed E-state index contributed by atoms with van der Waals surface area (Å²) in [5, 5.41) is 1.20. The van der Waals surface area contributed by atoms with Crippen LogP contribution in [0.3, 0.4) is 0 Å². The fraction of sp³-hybridized carbons (Fsp3) is 0.389. The molecule has 0 N–H and O–H groups in total. The zero-order valence-corrected chi connectivity index (χ0v) is 26.4. The molecule has 0 radical (unpaired) electrons. The number of benzene rings is 3. The van der Waals surface area contributed by atoms with Crippen LogP contribution < -0.4 is 0 Å². The monoisotopic (exact) mass is 568 g/mol. The van der Waals surface area contributed by atoms with Gasteiger partial charge in [-0.2, -0.15) is 4.31 Å². The van der Waals surface area contributed by atoms with Gasteiger partial charge in [0.1, 0.15) is 0 Å². The molecule has 0 bridgehead atoms. The van der Waals surface area contributed by atoms with Crippen molar-refractivity contribution in [3.05, 3.63) is 113 Å². The summed E-state index contributed by atoms with van der Waals surface area (Å²) in [7, 11) is -1.69. The molecule has 0 saturated carbocycles. The molecule has 4 nitrogen and oxygen atoms in total. The normalized spacial score (nSPS) is 17.4. The van der Waals surface area contributed by atoms with Crippen molar-refractivity contribution in [2.75, 3.05) is 13.1 Å². The second-order valence-electron chi connectivity index (χ2n) is 12.7. The second-order valence-corrected chi connectivity index (χ2v) is 14.5. The number of aromatic nitrogens is 1. The average Bonchev–Trinajstić information content (AvgIpc) is 3.49. The Kier molecular flexibility index (Phi) is 8.06. The minimum Gasteiger partial charge on any atom is -0.350 e. The van der Waals surface area contributed by atoms with Crippen molar-refractivity contribution in [2.45, 2.75) is 70.1 Å². The number of nitrogens with zero attached hydrogens (tertiary/aromatic N) is 2. The van der Waals surface area contributed by atoms with Crippen LogP contribution in [0.15, 0.2) is 90.0 Å². The first-order chi connectivity index (χ1) is 19.4. The number of rotatable bonds is 8. The molecule has 2 atom stereocenters. The fourth-order valence-corrected chi connectivity index (χ4v) is 8.64. The van der Waals surface area contributed by atoms with E-state index in [1.54, 1.807) is 4.31 Å². The van der Waals surface area contributed by atoms with Crippen molar-refractivity contribution in [3.63, 3.8) is 0 Å². The third-order valence-corrected chi connectivity index (χ3v) is 10.8. The maximum Gasteiger partial charge on any atom is 0.243 e. The van der Waals surface area contributed by atoms with Crippen LogP contribution in [0.4, 0.5) is 0 Å². The third kappa shape index (κ3) is 5.30. The molecule has 1 aliphatic heterocycles. The standard InChI is InChI=1S/C36H44N2O2S/c1-23(2)28-18-30(24(3)4)36(31(19-28)25(5)6)41(39,40)38-20-26(7)32(22-38)35(27-14-10-9-11-15-27)33-21-37(8)34-17-13-12-16-29(33)34/h9-19,21,23-25,32,35H,7,20,22H2,1-6,8H3/t32-,35-/m0/s1. The molecule has 1 aliphatic rings. The van der Waals surface area contributed by atoms with Crippen molar-refractivity contribution in [2.24, 2.45) is 13.0 Å². The van der Waals surface area contributed by atoms with E-state index in [9.17, 15) is 8.42 Å². The van der Waals surface area contributed by atoms with Gasteiger partial charge in [-0.3, -0.25) is 0 Å². The lowest BCUT2D eigenvalue weighted by atomic mass is 9.78. The smallest absolute Gasteiger partial charge is 0.243 e. The Labute approximate surface area is 246 Å². The quantitative estimate of drug-likeness (QED) is 0.200. The predicted octanol–water partition coefficient (Wildman–Crippen LogP) is 8.56. The van der Waals surface area contributed by atoms with Crippen molar-refractivity contribution < 1.29 is 8.42 Å². The van der Waals surface area contributed by atoms with Crippen LogP contribution in [0.2, 0.25) is 0 Å². The molecule has 2 heterocycles. The molecule has 1 saturated heterocycles. The minimum absolute atomic E-state index is 0.00699. The van der Waals surface area contributed by atoms with E-state index in [1.165, 1.54) is 27.6 Å². The maximum atomic E-state index is 14.7. The van der Waals surface area contributed by atoms with Crippen molar-refractivity contribution >= 4 is 20.9 Å². The highest BCUT2D eigenvalue weighted by Crippen LogP contribution is 2.45. The lowest BCUT2D eigenvalue weighted by Crippen LogP contribution is -2.32. The number of hydrogen-bond donors (Lipinski definition) is 0. The summed E-state index contributed by atoms with van der Waals surface area (Å²) < 4.78 is 33.2. The van der Waals surface area contributed by atoms with Gasteiger partial charge >= 0.3 is 0 Å². The van der Waals surface area contributed by atoms with Crippen LogP contribution in [-0.2, 0) is 17.1 Å². The van der Waals surface area contributed by atoms with Gasteiger partial charge in [-0.15, -0.1) is 0 Å². The molecule has 0 amide bonds. The highest BCUT2D eigenvalue weighted by atomic mass is 32.2. The zero-order chi connectivity index (χ0) is 29.6. The fourth-order valence-electron chi connectivity index (χ4n) is 6.51. The number of aryl methyl sites for hydroxylation is 1. The van der Waals surface area contributed by atoms with E-state index < -0.39 is 10.0 Å². The van der Waals surface area contributed by atoms with E-state index in [4.69, 9.17) is 0 Å². The number of sulfonamides is 1. The van der Waals surface area contributed by atoms with Gasteiger partial charge in [0.15, 0.2) is 0 Å². The SMILES string of the molecule is C=C1CN(S(=O)(=O)c2c(C(C)C)cc(C(C)C)cc2C(C)C)C[C@@H]1[C@H](c1ccccc1)c1cn(C)c2ccccc12. The summed E-state index contributed by atoms with van der Waals surface area (Å²) in [6, 6.07) is 23.2. The van der Waals surface area contributed by atoms with E-state index in [-0.39, 0.29) is 23.7 Å². The van der Waals surface area contributed by atoms with Gasteiger partial charge in [-0.1, -0.05) is 114 Å². The zero-order valence-electron chi connectivity index (χ0n) is 25.6. The first-order valence-electron chi connectivity index (χ1n) is 14.9. The topological polar surface area (TPSA) is 42.3 Å².